The first kappa shape index (κ1) is 19.5. The lowest BCUT2D eigenvalue weighted by molar-refractivity contribution is 0.299. The first-order chi connectivity index (χ1) is 15.2. The average Bonchev–Trinajstić information content (AvgIpc) is 3.40. The van der Waals surface area contributed by atoms with Crippen molar-refractivity contribution >= 4 is 17.3 Å². The van der Waals surface area contributed by atoms with E-state index in [1.54, 1.807) is 0 Å². The second kappa shape index (κ2) is 8.32. The number of benzene rings is 1. The van der Waals surface area contributed by atoms with Crippen LogP contribution in [0.3, 0.4) is 0 Å². The van der Waals surface area contributed by atoms with Crippen LogP contribution < -0.4 is 5.32 Å². The van der Waals surface area contributed by atoms with Crippen LogP contribution in [0.4, 0.5) is 0 Å². The first-order valence-electron chi connectivity index (χ1n) is 10.3. The van der Waals surface area contributed by atoms with Gasteiger partial charge in [-0.1, -0.05) is 30.3 Å². The summed E-state index contributed by atoms with van der Waals surface area (Å²) in [6, 6.07) is 24.6. The molecule has 1 fully saturated rings. The third kappa shape index (κ3) is 3.70. The fourth-order valence-corrected chi connectivity index (χ4v) is 4.56. The summed E-state index contributed by atoms with van der Waals surface area (Å²) >= 11 is 5.80. The predicted octanol–water partition coefficient (Wildman–Crippen LogP) is 4.75. The van der Waals surface area contributed by atoms with Gasteiger partial charge in [-0.3, -0.25) is 9.97 Å². The summed E-state index contributed by atoms with van der Waals surface area (Å²) in [6.45, 7) is 2.76. The highest BCUT2D eigenvalue weighted by atomic mass is 32.1. The van der Waals surface area contributed by atoms with Crippen LogP contribution in [-0.4, -0.2) is 24.5 Å². The van der Waals surface area contributed by atoms with E-state index >= 15 is 0 Å². The molecule has 1 aliphatic heterocycles. The SMILES string of the molecule is Cc1ccccc1-n1cccc1[C@@H]1[C@@H](c2ccccn2)NC(=S)N1Cc1ccccn1. The lowest BCUT2D eigenvalue weighted by Crippen LogP contribution is -2.30. The van der Waals surface area contributed by atoms with Crippen molar-refractivity contribution in [1.82, 2.24) is 24.8 Å². The van der Waals surface area contributed by atoms with E-state index in [1.807, 2.05) is 42.7 Å². The number of hydrogen-bond acceptors (Lipinski definition) is 3. The van der Waals surface area contributed by atoms with Crippen LogP contribution in [0.5, 0.6) is 0 Å². The zero-order chi connectivity index (χ0) is 21.2. The first-order valence-corrected chi connectivity index (χ1v) is 10.7. The Bertz CT molecular complexity index is 1190. The Morgan fingerprint density at radius 3 is 2.42 bits per heavy atom. The highest BCUT2D eigenvalue weighted by molar-refractivity contribution is 7.80. The topological polar surface area (TPSA) is 46.0 Å². The predicted molar refractivity (Wildman–Crippen MR) is 126 cm³/mol. The lowest BCUT2D eigenvalue weighted by atomic mass is 10.0. The molecule has 1 aliphatic rings. The number of nitrogens with one attached hydrogen (secondary N) is 1. The molecule has 2 atom stereocenters. The molecule has 1 aromatic carbocycles. The van der Waals surface area contributed by atoms with Gasteiger partial charge in [0.05, 0.1) is 30.0 Å². The molecule has 0 aliphatic carbocycles. The van der Waals surface area contributed by atoms with Gasteiger partial charge in [0.25, 0.3) is 0 Å². The van der Waals surface area contributed by atoms with Crippen molar-refractivity contribution in [3.05, 3.63) is 114 Å². The standard InChI is InChI=1S/C25H23N5S/c1-18-9-2-3-12-21(18)29-16-8-13-22(29)24-23(20-11-5-7-15-27-20)28-25(31)30(24)17-19-10-4-6-14-26-19/h2-16,23-24H,17H2,1H3,(H,28,31)/t23-,24-/m1/s1. The molecule has 0 saturated carbocycles. The largest absolute Gasteiger partial charge is 0.352 e. The molecule has 0 radical (unpaired) electrons. The maximum atomic E-state index is 5.80. The van der Waals surface area contributed by atoms with Crippen molar-refractivity contribution in [2.24, 2.45) is 0 Å². The number of aryl methyl sites for hydroxylation is 1. The van der Waals surface area contributed by atoms with E-state index in [0.29, 0.717) is 11.7 Å². The van der Waals surface area contributed by atoms with Crippen LogP contribution in [0.2, 0.25) is 0 Å². The normalized spacial score (nSPS) is 18.2. The van der Waals surface area contributed by atoms with Crippen LogP contribution >= 0.6 is 12.2 Å². The fourth-order valence-electron chi connectivity index (χ4n) is 4.25. The number of aromatic nitrogens is 3. The molecule has 0 bridgehead atoms. The van der Waals surface area contributed by atoms with Crippen LogP contribution in [0, 0.1) is 6.92 Å². The third-order valence-electron chi connectivity index (χ3n) is 5.71. The molecule has 4 heterocycles. The highest BCUT2D eigenvalue weighted by Gasteiger charge is 2.41. The van der Waals surface area contributed by atoms with Crippen molar-refractivity contribution in [2.75, 3.05) is 0 Å². The van der Waals surface area contributed by atoms with Gasteiger partial charge >= 0.3 is 0 Å². The molecule has 0 unspecified atom stereocenters. The van der Waals surface area contributed by atoms with E-state index < -0.39 is 0 Å². The minimum atomic E-state index is -0.0601. The summed E-state index contributed by atoms with van der Waals surface area (Å²) in [5, 5.41) is 4.24. The van der Waals surface area contributed by atoms with Crippen LogP contribution in [0.25, 0.3) is 5.69 Å². The van der Waals surface area contributed by atoms with Gasteiger partial charge in [-0.25, -0.2) is 0 Å². The minimum absolute atomic E-state index is 0.0287. The summed E-state index contributed by atoms with van der Waals surface area (Å²) in [7, 11) is 0. The van der Waals surface area contributed by atoms with Crippen molar-refractivity contribution in [3.63, 3.8) is 0 Å². The average molecular weight is 426 g/mol. The molecule has 3 aromatic heterocycles. The summed E-state index contributed by atoms with van der Waals surface area (Å²) in [5.74, 6) is 0. The lowest BCUT2D eigenvalue weighted by Gasteiger charge is -2.29. The zero-order valence-corrected chi connectivity index (χ0v) is 18.0. The molecular formula is C25H23N5S. The highest BCUT2D eigenvalue weighted by Crippen LogP contribution is 2.40. The number of thiocarbonyl (C=S) groups is 1. The molecule has 31 heavy (non-hydrogen) atoms. The van der Waals surface area contributed by atoms with Gasteiger partial charge in [-0.15, -0.1) is 0 Å². The molecule has 4 aromatic rings. The van der Waals surface area contributed by atoms with Gasteiger partial charge < -0.3 is 14.8 Å². The Balaban J connectivity index is 1.62. The number of rotatable bonds is 5. The molecule has 154 valence electrons. The van der Waals surface area contributed by atoms with E-state index in [9.17, 15) is 0 Å². The molecule has 0 amide bonds. The Kier molecular flexibility index (Phi) is 5.22. The summed E-state index contributed by atoms with van der Waals surface area (Å²) < 4.78 is 2.26. The van der Waals surface area contributed by atoms with Crippen LogP contribution in [0.15, 0.2) is 91.4 Å². The number of para-hydroxylation sites is 1. The van der Waals surface area contributed by atoms with Crippen molar-refractivity contribution < 1.29 is 0 Å². The molecule has 0 spiro atoms. The molecule has 5 rings (SSSR count). The minimum Gasteiger partial charge on any atom is -0.352 e. The van der Waals surface area contributed by atoms with E-state index in [0.717, 1.165) is 22.8 Å². The van der Waals surface area contributed by atoms with Gasteiger partial charge in [-0.05, 0) is 67.2 Å². The monoisotopic (exact) mass is 425 g/mol. The van der Waals surface area contributed by atoms with Gasteiger partial charge in [0.1, 0.15) is 0 Å². The van der Waals surface area contributed by atoms with Crippen LogP contribution in [0.1, 0.15) is 34.7 Å². The maximum absolute atomic E-state index is 5.80. The van der Waals surface area contributed by atoms with Gasteiger partial charge in [-0.2, -0.15) is 0 Å². The third-order valence-corrected chi connectivity index (χ3v) is 6.07. The smallest absolute Gasteiger partial charge is 0.170 e. The summed E-state index contributed by atoms with van der Waals surface area (Å²) in [4.78, 5) is 11.4. The van der Waals surface area contributed by atoms with Crippen molar-refractivity contribution in [3.8, 4) is 5.69 Å². The maximum Gasteiger partial charge on any atom is 0.170 e. The number of hydrogen-bond donors (Lipinski definition) is 1. The van der Waals surface area contributed by atoms with E-state index in [-0.39, 0.29) is 12.1 Å². The molecule has 1 N–H and O–H groups in total. The second-order valence-electron chi connectivity index (χ2n) is 7.67. The Morgan fingerprint density at radius 1 is 0.903 bits per heavy atom. The quantitative estimate of drug-likeness (QED) is 0.468. The van der Waals surface area contributed by atoms with Gasteiger partial charge in [0.2, 0.25) is 0 Å². The van der Waals surface area contributed by atoms with E-state index in [4.69, 9.17) is 12.2 Å². The van der Waals surface area contributed by atoms with E-state index in [2.05, 4.69) is 80.3 Å². The zero-order valence-electron chi connectivity index (χ0n) is 17.2. The Labute approximate surface area is 187 Å². The van der Waals surface area contributed by atoms with Crippen LogP contribution in [-0.2, 0) is 6.54 Å². The summed E-state index contributed by atoms with van der Waals surface area (Å²) in [5.41, 5.74) is 5.49. The van der Waals surface area contributed by atoms with Gasteiger partial charge in [0, 0.05) is 30.0 Å². The number of nitrogens with zero attached hydrogens (tertiary/aromatic N) is 4. The molecular weight excluding hydrogens is 402 g/mol. The number of pyridine rings is 2. The Hall–Kier alpha value is -3.51. The van der Waals surface area contributed by atoms with Gasteiger partial charge in [0.15, 0.2) is 5.11 Å². The van der Waals surface area contributed by atoms with Crippen molar-refractivity contribution in [2.45, 2.75) is 25.6 Å². The Morgan fingerprint density at radius 2 is 1.68 bits per heavy atom. The second-order valence-corrected chi connectivity index (χ2v) is 8.05. The molecule has 1 saturated heterocycles. The molecule has 5 nitrogen and oxygen atoms in total. The van der Waals surface area contributed by atoms with Crippen molar-refractivity contribution in [1.29, 1.82) is 0 Å². The van der Waals surface area contributed by atoms with E-state index in [1.165, 1.54) is 5.56 Å². The fraction of sp³-hybridized carbons (Fsp3) is 0.160. The summed E-state index contributed by atoms with van der Waals surface area (Å²) in [6.07, 6.45) is 5.77. The molecule has 6 heteroatoms.